The molecule has 130 valence electrons. The summed E-state index contributed by atoms with van der Waals surface area (Å²) in [5, 5.41) is 6.57. The number of hydrogen-bond acceptors (Lipinski definition) is 5. The minimum absolute atomic E-state index is 0.122. The molecule has 0 unspecified atom stereocenters. The first-order valence-corrected chi connectivity index (χ1v) is 8.05. The molecule has 1 N–H and O–H groups in total. The van der Waals surface area contributed by atoms with E-state index >= 15 is 0 Å². The third kappa shape index (κ3) is 5.42. The Hall–Kier alpha value is -2.28. The molecule has 7 nitrogen and oxygen atoms in total. The highest BCUT2D eigenvalue weighted by Gasteiger charge is 2.16. The standard InChI is InChI=1S/C16H20ClN3O4/c1-23-14-6-5-12(17)9-13(14)19-15(21)10-18-24-11-16(22)20-7-3-2-4-8-20/h5-6,9-10H,2-4,7-8,11H2,1H3,(H,19,21)/b18-10-. The normalized spacial score (nSPS) is 14.5. The quantitative estimate of drug-likeness (QED) is 0.628. The van der Waals surface area contributed by atoms with Crippen molar-refractivity contribution in [2.45, 2.75) is 19.3 Å². The fourth-order valence-corrected chi connectivity index (χ4v) is 2.53. The molecule has 1 aliphatic rings. The number of hydrogen-bond donors (Lipinski definition) is 1. The van der Waals surface area contributed by atoms with Crippen molar-refractivity contribution in [3.05, 3.63) is 23.2 Å². The molecule has 1 fully saturated rings. The maximum atomic E-state index is 11.9. The van der Waals surface area contributed by atoms with Crippen LogP contribution in [0.25, 0.3) is 0 Å². The van der Waals surface area contributed by atoms with Gasteiger partial charge in [0.15, 0.2) is 6.61 Å². The number of ether oxygens (including phenoxy) is 1. The van der Waals surface area contributed by atoms with Crippen LogP contribution < -0.4 is 10.1 Å². The number of halogens is 1. The Kier molecular flexibility index (Phi) is 6.87. The van der Waals surface area contributed by atoms with E-state index in [9.17, 15) is 9.59 Å². The lowest BCUT2D eigenvalue weighted by Crippen LogP contribution is -2.37. The number of nitrogens with zero attached hydrogens (tertiary/aromatic N) is 2. The zero-order chi connectivity index (χ0) is 17.4. The Morgan fingerprint density at radius 2 is 2.08 bits per heavy atom. The van der Waals surface area contributed by atoms with Gasteiger partial charge in [-0.05, 0) is 37.5 Å². The minimum atomic E-state index is -0.513. The summed E-state index contributed by atoms with van der Waals surface area (Å²) in [6.07, 6.45) is 4.14. The van der Waals surface area contributed by atoms with Crippen molar-refractivity contribution >= 4 is 35.3 Å². The van der Waals surface area contributed by atoms with Gasteiger partial charge in [-0.1, -0.05) is 16.8 Å². The lowest BCUT2D eigenvalue weighted by molar-refractivity contribution is -0.137. The SMILES string of the molecule is COc1ccc(Cl)cc1NC(=O)/C=N\OCC(=O)N1CCCCC1. The van der Waals surface area contributed by atoms with E-state index in [2.05, 4.69) is 10.5 Å². The van der Waals surface area contributed by atoms with E-state index in [1.54, 1.807) is 23.1 Å². The molecule has 0 atom stereocenters. The molecule has 0 bridgehead atoms. The summed E-state index contributed by atoms with van der Waals surface area (Å²) in [6, 6.07) is 4.86. The molecule has 1 heterocycles. The number of nitrogens with one attached hydrogen (secondary N) is 1. The van der Waals surface area contributed by atoms with E-state index < -0.39 is 5.91 Å². The molecule has 0 radical (unpaired) electrons. The molecule has 1 aliphatic heterocycles. The number of carbonyl (C=O) groups is 2. The van der Waals surface area contributed by atoms with E-state index in [4.69, 9.17) is 21.2 Å². The number of carbonyl (C=O) groups excluding carboxylic acids is 2. The molecule has 1 saturated heterocycles. The Morgan fingerprint density at radius 3 is 2.79 bits per heavy atom. The Morgan fingerprint density at radius 1 is 1.33 bits per heavy atom. The van der Waals surface area contributed by atoms with Crippen LogP contribution in [0.4, 0.5) is 5.69 Å². The van der Waals surface area contributed by atoms with Crippen LogP contribution in [-0.4, -0.2) is 49.7 Å². The molecule has 1 aromatic carbocycles. The monoisotopic (exact) mass is 353 g/mol. The molecular weight excluding hydrogens is 334 g/mol. The van der Waals surface area contributed by atoms with E-state index in [0.29, 0.717) is 16.5 Å². The molecule has 0 aromatic heterocycles. The average molecular weight is 354 g/mol. The predicted octanol–water partition coefficient (Wildman–Crippen LogP) is 2.30. The highest BCUT2D eigenvalue weighted by molar-refractivity contribution is 6.33. The van der Waals surface area contributed by atoms with Gasteiger partial charge in [0.05, 0.1) is 12.8 Å². The van der Waals surface area contributed by atoms with Crippen molar-refractivity contribution in [3.8, 4) is 5.75 Å². The van der Waals surface area contributed by atoms with Crippen molar-refractivity contribution in [3.63, 3.8) is 0 Å². The van der Waals surface area contributed by atoms with Crippen LogP contribution in [0.15, 0.2) is 23.4 Å². The van der Waals surface area contributed by atoms with Crippen LogP contribution in [0.5, 0.6) is 5.75 Å². The molecule has 2 amide bonds. The summed E-state index contributed by atoms with van der Waals surface area (Å²) in [4.78, 5) is 30.3. The maximum absolute atomic E-state index is 11.9. The molecule has 24 heavy (non-hydrogen) atoms. The number of oxime groups is 1. The van der Waals surface area contributed by atoms with Gasteiger partial charge in [0.25, 0.3) is 11.8 Å². The van der Waals surface area contributed by atoms with Crippen LogP contribution in [0.2, 0.25) is 5.02 Å². The topological polar surface area (TPSA) is 80.2 Å². The third-order valence-electron chi connectivity index (χ3n) is 3.56. The third-order valence-corrected chi connectivity index (χ3v) is 3.80. The van der Waals surface area contributed by atoms with Gasteiger partial charge in [-0.15, -0.1) is 0 Å². The summed E-state index contributed by atoms with van der Waals surface area (Å²) >= 11 is 5.89. The smallest absolute Gasteiger partial charge is 0.270 e. The van der Waals surface area contributed by atoms with Gasteiger partial charge in [0.2, 0.25) is 0 Å². The van der Waals surface area contributed by atoms with Crippen molar-refractivity contribution in [1.82, 2.24) is 4.90 Å². The van der Waals surface area contributed by atoms with E-state index in [0.717, 1.165) is 38.6 Å². The van der Waals surface area contributed by atoms with Gasteiger partial charge in [0.1, 0.15) is 12.0 Å². The Labute approximate surface area is 145 Å². The van der Waals surface area contributed by atoms with Gasteiger partial charge in [-0.2, -0.15) is 0 Å². The predicted molar refractivity (Wildman–Crippen MR) is 91.5 cm³/mol. The number of rotatable bonds is 6. The number of amides is 2. The van der Waals surface area contributed by atoms with E-state index in [1.807, 2.05) is 0 Å². The first-order chi connectivity index (χ1) is 11.6. The highest BCUT2D eigenvalue weighted by Crippen LogP contribution is 2.27. The second kappa shape index (κ2) is 9.12. The zero-order valence-corrected chi connectivity index (χ0v) is 14.2. The summed E-state index contributed by atoms with van der Waals surface area (Å²) < 4.78 is 5.13. The fourth-order valence-electron chi connectivity index (χ4n) is 2.36. The van der Waals surface area contributed by atoms with Crippen LogP contribution in [0.1, 0.15) is 19.3 Å². The zero-order valence-electron chi connectivity index (χ0n) is 13.5. The number of methoxy groups -OCH3 is 1. The van der Waals surface area contributed by atoms with Gasteiger partial charge >= 0.3 is 0 Å². The molecule has 0 saturated carbocycles. The van der Waals surface area contributed by atoms with Crippen molar-refractivity contribution < 1.29 is 19.2 Å². The van der Waals surface area contributed by atoms with E-state index in [1.165, 1.54) is 7.11 Å². The molecule has 2 rings (SSSR count). The van der Waals surface area contributed by atoms with Gasteiger partial charge in [0, 0.05) is 18.1 Å². The number of likely N-dealkylation sites (tertiary alicyclic amines) is 1. The lowest BCUT2D eigenvalue weighted by atomic mass is 10.1. The fraction of sp³-hybridized carbons (Fsp3) is 0.438. The molecule has 1 aromatic rings. The van der Waals surface area contributed by atoms with Crippen LogP contribution in [0.3, 0.4) is 0 Å². The van der Waals surface area contributed by atoms with Gasteiger partial charge < -0.3 is 19.8 Å². The van der Waals surface area contributed by atoms with Crippen LogP contribution >= 0.6 is 11.6 Å². The second-order valence-electron chi connectivity index (χ2n) is 5.28. The first kappa shape index (κ1) is 18.1. The summed E-state index contributed by atoms with van der Waals surface area (Å²) in [7, 11) is 1.49. The Bertz CT molecular complexity index is 615. The molecule has 0 spiro atoms. The van der Waals surface area contributed by atoms with Gasteiger partial charge in [-0.3, -0.25) is 9.59 Å². The van der Waals surface area contributed by atoms with Crippen LogP contribution in [-0.2, 0) is 14.4 Å². The largest absolute Gasteiger partial charge is 0.495 e. The Balaban J connectivity index is 1.78. The van der Waals surface area contributed by atoms with Crippen molar-refractivity contribution in [2.75, 3.05) is 32.1 Å². The maximum Gasteiger partial charge on any atom is 0.270 e. The minimum Gasteiger partial charge on any atom is -0.495 e. The number of benzene rings is 1. The summed E-state index contributed by atoms with van der Waals surface area (Å²) in [6.45, 7) is 1.33. The van der Waals surface area contributed by atoms with Crippen molar-refractivity contribution in [1.29, 1.82) is 0 Å². The summed E-state index contributed by atoms with van der Waals surface area (Å²) in [5.41, 5.74) is 0.422. The summed E-state index contributed by atoms with van der Waals surface area (Å²) in [5.74, 6) is -0.160. The molecule has 0 aliphatic carbocycles. The lowest BCUT2D eigenvalue weighted by Gasteiger charge is -2.25. The number of piperidine rings is 1. The van der Waals surface area contributed by atoms with E-state index in [-0.39, 0.29) is 12.5 Å². The molecule has 8 heteroatoms. The first-order valence-electron chi connectivity index (χ1n) is 7.68. The number of anilines is 1. The highest BCUT2D eigenvalue weighted by atomic mass is 35.5. The molecular formula is C16H20ClN3O4. The van der Waals surface area contributed by atoms with Crippen LogP contribution in [0, 0.1) is 0 Å². The second-order valence-corrected chi connectivity index (χ2v) is 5.72. The average Bonchev–Trinajstić information content (AvgIpc) is 2.59. The van der Waals surface area contributed by atoms with Gasteiger partial charge in [-0.25, -0.2) is 0 Å². The van der Waals surface area contributed by atoms with Crippen molar-refractivity contribution in [2.24, 2.45) is 5.16 Å².